The van der Waals surface area contributed by atoms with E-state index in [-0.39, 0.29) is 19.0 Å². The predicted molar refractivity (Wildman–Crippen MR) is 70.5 cm³/mol. The van der Waals surface area contributed by atoms with Crippen LogP contribution in [0.5, 0.6) is 0 Å². The van der Waals surface area contributed by atoms with Crippen LogP contribution in [0.15, 0.2) is 5.16 Å². The Morgan fingerprint density at radius 1 is 1.43 bits per heavy atom. The number of rotatable bonds is 6. The summed E-state index contributed by atoms with van der Waals surface area (Å²) in [4.78, 5) is 35.4. The van der Waals surface area contributed by atoms with Crippen LogP contribution in [0.3, 0.4) is 0 Å². The van der Waals surface area contributed by atoms with Gasteiger partial charge < -0.3 is 10.4 Å². The van der Waals surface area contributed by atoms with Crippen LogP contribution >= 0.6 is 11.8 Å². The number of tetrazole rings is 1. The van der Waals surface area contributed by atoms with Crippen LogP contribution in [0.25, 0.3) is 0 Å². The predicted octanol–water partition coefficient (Wildman–Crippen LogP) is -0.820. The van der Waals surface area contributed by atoms with E-state index >= 15 is 0 Å². The van der Waals surface area contributed by atoms with Gasteiger partial charge in [0.15, 0.2) is 0 Å². The highest BCUT2D eigenvalue weighted by molar-refractivity contribution is 7.99. The third-order valence-electron chi connectivity index (χ3n) is 2.77. The van der Waals surface area contributed by atoms with Crippen molar-refractivity contribution in [3.63, 3.8) is 0 Å². The summed E-state index contributed by atoms with van der Waals surface area (Å²) in [7, 11) is 0. The Morgan fingerprint density at radius 3 is 2.71 bits per heavy atom. The molecule has 2 heterocycles. The summed E-state index contributed by atoms with van der Waals surface area (Å²) >= 11 is 1.18. The van der Waals surface area contributed by atoms with Crippen molar-refractivity contribution in [1.29, 1.82) is 0 Å². The van der Waals surface area contributed by atoms with E-state index < -0.39 is 17.5 Å². The summed E-state index contributed by atoms with van der Waals surface area (Å²) in [5, 5.41) is 22.3. The number of aliphatic carboxylic acids is 1. The molecule has 0 radical (unpaired) electrons. The fraction of sp³-hybridized carbons (Fsp3) is 0.600. The molecule has 11 heteroatoms. The lowest BCUT2D eigenvalue weighted by Crippen LogP contribution is -2.40. The van der Waals surface area contributed by atoms with Crippen molar-refractivity contribution in [3.05, 3.63) is 0 Å². The van der Waals surface area contributed by atoms with Gasteiger partial charge in [0.25, 0.3) is 5.91 Å². The SMILES string of the molecule is CC1(C)NC(=O)N(CCSc2nnnn2CC(=O)O)C1=O. The Balaban J connectivity index is 1.91. The first-order valence-electron chi connectivity index (χ1n) is 6.06. The van der Waals surface area contributed by atoms with Crippen LogP contribution in [-0.4, -0.2) is 66.0 Å². The molecular formula is C10H14N6O4S. The van der Waals surface area contributed by atoms with E-state index in [4.69, 9.17) is 5.11 Å². The van der Waals surface area contributed by atoms with Gasteiger partial charge in [-0.15, -0.1) is 5.10 Å². The van der Waals surface area contributed by atoms with E-state index in [1.165, 1.54) is 11.8 Å². The molecular weight excluding hydrogens is 300 g/mol. The molecule has 0 saturated carbocycles. The van der Waals surface area contributed by atoms with Crippen LogP contribution in [0.4, 0.5) is 4.79 Å². The van der Waals surface area contributed by atoms with Crippen molar-refractivity contribution in [2.45, 2.75) is 31.1 Å². The van der Waals surface area contributed by atoms with Crippen LogP contribution in [0.1, 0.15) is 13.8 Å². The first-order chi connectivity index (χ1) is 9.81. The molecule has 1 saturated heterocycles. The van der Waals surface area contributed by atoms with Gasteiger partial charge in [-0.05, 0) is 24.3 Å². The van der Waals surface area contributed by atoms with Gasteiger partial charge >= 0.3 is 12.0 Å². The number of thioether (sulfide) groups is 1. The highest BCUT2D eigenvalue weighted by atomic mass is 32.2. The average molecular weight is 314 g/mol. The highest BCUT2D eigenvalue weighted by Gasteiger charge is 2.43. The number of imide groups is 1. The van der Waals surface area contributed by atoms with Gasteiger partial charge in [0.1, 0.15) is 12.1 Å². The number of carbonyl (C=O) groups is 3. The zero-order valence-corrected chi connectivity index (χ0v) is 12.3. The van der Waals surface area contributed by atoms with Crippen LogP contribution < -0.4 is 5.32 Å². The Kier molecular flexibility index (Phi) is 4.11. The number of hydrogen-bond acceptors (Lipinski definition) is 7. The second kappa shape index (κ2) is 5.68. The molecule has 1 aliphatic rings. The maximum absolute atomic E-state index is 12.0. The molecule has 0 unspecified atom stereocenters. The fourth-order valence-electron chi connectivity index (χ4n) is 1.78. The summed E-state index contributed by atoms with van der Waals surface area (Å²) in [5.41, 5.74) is -0.896. The second-order valence-corrected chi connectivity index (χ2v) is 5.94. The summed E-state index contributed by atoms with van der Waals surface area (Å²) in [5.74, 6) is -0.979. The molecule has 0 bridgehead atoms. The number of carboxylic acids is 1. The smallest absolute Gasteiger partial charge is 0.325 e. The van der Waals surface area contributed by atoms with Crippen molar-refractivity contribution >= 4 is 29.7 Å². The fourth-order valence-corrected chi connectivity index (χ4v) is 2.58. The van der Waals surface area contributed by atoms with E-state index in [1.807, 2.05) is 0 Å². The molecule has 1 fully saturated rings. The lowest BCUT2D eigenvalue weighted by atomic mass is 10.1. The maximum atomic E-state index is 12.0. The van der Waals surface area contributed by atoms with Gasteiger partial charge in [-0.2, -0.15) is 0 Å². The summed E-state index contributed by atoms with van der Waals surface area (Å²) in [6.45, 7) is 3.12. The van der Waals surface area contributed by atoms with Crippen molar-refractivity contribution in [2.75, 3.05) is 12.3 Å². The van der Waals surface area contributed by atoms with Crippen molar-refractivity contribution in [3.8, 4) is 0 Å². The Morgan fingerprint density at radius 2 is 2.14 bits per heavy atom. The number of amides is 3. The standard InChI is InChI=1S/C10H14N6O4S/c1-10(2)7(19)15(8(20)11-10)3-4-21-9-12-13-14-16(9)5-6(17)18/h3-5H2,1-2H3,(H,11,20)(H,17,18). The molecule has 2 N–H and O–H groups in total. The van der Waals surface area contributed by atoms with E-state index in [1.54, 1.807) is 13.8 Å². The van der Waals surface area contributed by atoms with Crippen molar-refractivity contribution < 1.29 is 19.5 Å². The largest absolute Gasteiger partial charge is 0.480 e. The average Bonchev–Trinajstić information content (AvgIpc) is 2.86. The zero-order valence-electron chi connectivity index (χ0n) is 11.4. The first kappa shape index (κ1) is 15.2. The molecule has 0 aromatic carbocycles. The van der Waals surface area contributed by atoms with Crippen LogP contribution in [0.2, 0.25) is 0 Å². The topological polar surface area (TPSA) is 130 Å². The maximum Gasteiger partial charge on any atom is 0.325 e. The Hall–Kier alpha value is -2.17. The van der Waals surface area contributed by atoms with Gasteiger partial charge in [0.2, 0.25) is 5.16 Å². The summed E-state index contributed by atoms with van der Waals surface area (Å²) < 4.78 is 1.14. The van der Waals surface area contributed by atoms with Gasteiger partial charge in [-0.25, -0.2) is 9.48 Å². The van der Waals surface area contributed by atoms with Gasteiger partial charge in [-0.1, -0.05) is 11.8 Å². The van der Waals surface area contributed by atoms with Gasteiger partial charge in [0.05, 0.1) is 0 Å². The number of nitrogens with one attached hydrogen (secondary N) is 1. The number of urea groups is 1. The Bertz CT molecular complexity index is 586. The number of carboxylic acid groups (broad SMARTS) is 1. The molecule has 2 rings (SSSR count). The second-order valence-electron chi connectivity index (χ2n) is 4.87. The molecule has 3 amide bonds. The van der Waals surface area contributed by atoms with Crippen LogP contribution in [0, 0.1) is 0 Å². The molecule has 21 heavy (non-hydrogen) atoms. The minimum Gasteiger partial charge on any atom is -0.480 e. The molecule has 1 aliphatic heterocycles. The van der Waals surface area contributed by atoms with Crippen molar-refractivity contribution in [1.82, 2.24) is 30.4 Å². The lowest BCUT2D eigenvalue weighted by molar-refractivity contribution is -0.138. The van der Waals surface area contributed by atoms with E-state index in [0.29, 0.717) is 10.9 Å². The van der Waals surface area contributed by atoms with Gasteiger partial charge in [-0.3, -0.25) is 14.5 Å². The third-order valence-corrected chi connectivity index (χ3v) is 3.71. The quantitative estimate of drug-likeness (QED) is 0.514. The van der Waals surface area contributed by atoms with E-state index in [9.17, 15) is 14.4 Å². The Labute approximate surface area is 123 Å². The zero-order chi connectivity index (χ0) is 15.6. The summed E-state index contributed by atoms with van der Waals surface area (Å²) in [6, 6.07) is -0.435. The number of hydrogen-bond donors (Lipinski definition) is 2. The molecule has 0 atom stereocenters. The van der Waals surface area contributed by atoms with Crippen molar-refractivity contribution in [2.24, 2.45) is 0 Å². The highest BCUT2D eigenvalue weighted by Crippen LogP contribution is 2.19. The molecule has 1 aromatic rings. The molecule has 0 spiro atoms. The third kappa shape index (κ3) is 3.29. The lowest BCUT2D eigenvalue weighted by Gasteiger charge is -2.15. The molecule has 0 aliphatic carbocycles. The number of carbonyl (C=O) groups excluding carboxylic acids is 2. The number of nitrogens with zero attached hydrogens (tertiary/aromatic N) is 5. The number of aromatic nitrogens is 4. The normalized spacial score (nSPS) is 17.1. The molecule has 114 valence electrons. The van der Waals surface area contributed by atoms with E-state index in [2.05, 4.69) is 20.8 Å². The minimum absolute atomic E-state index is 0.193. The molecule has 1 aromatic heterocycles. The van der Waals surface area contributed by atoms with Crippen LogP contribution in [-0.2, 0) is 16.1 Å². The first-order valence-corrected chi connectivity index (χ1v) is 7.04. The van der Waals surface area contributed by atoms with Gasteiger partial charge in [0, 0.05) is 12.3 Å². The monoisotopic (exact) mass is 314 g/mol. The molecule has 10 nitrogen and oxygen atoms in total. The van der Waals surface area contributed by atoms with E-state index in [0.717, 1.165) is 9.58 Å². The minimum atomic E-state index is -1.06. The summed E-state index contributed by atoms with van der Waals surface area (Å²) in [6.07, 6.45) is 0.